The highest BCUT2D eigenvalue weighted by molar-refractivity contribution is 6.20. The van der Waals surface area contributed by atoms with E-state index in [4.69, 9.17) is 0 Å². The summed E-state index contributed by atoms with van der Waals surface area (Å²) < 4.78 is 13.5. The molecule has 0 aliphatic rings. The molecule has 1 heterocycles. The molecule has 4 heteroatoms. The van der Waals surface area contributed by atoms with Gasteiger partial charge in [0, 0.05) is 12.4 Å². The van der Waals surface area contributed by atoms with Crippen molar-refractivity contribution in [2.75, 3.05) is 0 Å². The maximum absolute atomic E-state index is 13.5. The zero-order valence-electron chi connectivity index (χ0n) is 10.3. The summed E-state index contributed by atoms with van der Waals surface area (Å²) in [5.41, 5.74) is 1.50. The number of carboxylic acid groups (broad SMARTS) is 1. The fraction of sp³-hybridized carbons (Fsp3) is 0.0667. The predicted molar refractivity (Wildman–Crippen MR) is 70.9 cm³/mol. The predicted octanol–water partition coefficient (Wildman–Crippen LogP) is 3.15. The first-order chi connectivity index (χ1) is 9.08. The Hall–Kier alpha value is -2.49. The Morgan fingerprint density at radius 3 is 2.74 bits per heavy atom. The molecule has 96 valence electrons. The van der Waals surface area contributed by atoms with Crippen LogP contribution in [0.25, 0.3) is 11.6 Å². The molecule has 0 saturated heterocycles. The SMILES string of the molecule is Cc1ccc(/C(=C/c2cccnc2)C(=O)O)cc1F. The molecule has 0 unspecified atom stereocenters. The van der Waals surface area contributed by atoms with Crippen molar-refractivity contribution in [2.24, 2.45) is 0 Å². The molecule has 19 heavy (non-hydrogen) atoms. The van der Waals surface area contributed by atoms with E-state index in [0.29, 0.717) is 16.7 Å². The minimum Gasteiger partial charge on any atom is -0.478 e. The van der Waals surface area contributed by atoms with E-state index in [1.54, 1.807) is 43.6 Å². The number of aromatic nitrogens is 1. The number of carbonyl (C=O) groups is 1. The number of nitrogens with zero attached hydrogens (tertiary/aromatic N) is 1. The van der Waals surface area contributed by atoms with Gasteiger partial charge in [0.2, 0.25) is 0 Å². The van der Waals surface area contributed by atoms with Crippen molar-refractivity contribution in [3.05, 3.63) is 65.2 Å². The molecule has 2 rings (SSSR count). The van der Waals surface area contributed by atoms with Gasteiger partial charge in [0.1, 0.15) is 5.82 Å². The molecule has 0 radical (unpaired) electrons. The Bertz CT molecular complexity index is 636. The molecular formula is C15H12FNO2. The van der Waals surface area contributed by atoms with Crippen LogP contribution in [-0.4, -0.2) is 16.1 Å². The Morgan fingerprint density at radius 2 is 2.16 bits per heavy atom. The third kappa shape index (κ3) is 3.04. The zero-order chi connectivity index (χ0) is 13.8. The fourth-order valence-electron chi connectivity index (χ4n) is 1.66. The van der Waals surface area contributed by atoms with E-state index in [-0.39, 0.29) is 5.57 Å². The van der Waals surface area contributed by atoms with E-state index in [0.717, 1.165) is 0 Å². The maximum atomic E-state index is 13.5. The lowest BCUT2D eigenvalue weighted by molar-refractivity contribution is -0.130. The summed E-state index contributed by atoms with van der Waals surface area (Å²) in [6, 6.07) is 7.83. The van der Waals surface area contributed by atoms with Crippen molar-refractivity contribution in [1.29, 1.82) is 0 Å². The molecule has 0 aliphatic heterocycles. The summed E-state index contributed by atoms with van der Waals surface area (Å²) in [7, 11) is 0. The molecule has 2 aromatic rings. The van der Waals surface area contributed by atoms with Gasteiger partial charge in [-0.15, -0.1) is 0 Å². The quantitative estimate of drug-likeness (QED) is 0.859. The zero-order valence-corrected chi connectivity index (χ0v) is 10.3. The highest BCUT2D eigenvalue weighted by Gasteiger charge is 2.12. The maximum Gasteiger partial charge on any atom is 0.336 e. The first-order valence-corrected chi connectivity index (χ1v) is 5.69. The first-order valence-electron chi connectivity index (χ1n) is 5.69. The highest BCUT2D eigenvalue weighted by Crippen LogP contribution is 2.20. The van der Waals surface area contributed by atoms with E-state index in [1.807, 2.05) is 0 Å². The van der Waals surface area contributed by atoms with E-state index in [1.165, 1.54) is 12.1 Å². The van der Waals surface area contributed by atoms with Crippen molar-refractivity contribution >= 4 is 17.6 Å². The van der Waals surface area contributed by atoms with E-state index in [2.05, 4.69) is 4.98 Å². The standard InChI is InChI=1S/C15H12FNO2/c1-10-4-5-12(8-14(10)16)13(15(18)19)7-11-3-2-6-17-9-11/h2-9H,1H3,(H,18,19)/b13-7-. The van der Waals surface area contributed by atoms with Crippen LogP contribution in [0.5, 0.6) is 0 Å². The molecule has 0 atom stereocenters. The van der Waals surface area contributed by atoms with Crippen LogP contribution in [0.15, 0.2) is 42.7 Å². The summed E-state index contributed by atoms with van der Waals surface area (Å²) in [5, 5.41) is 9.24. The van der Waals surface area contributed by atoms with Crippen LogP contribution in [0.4, 0.5) is 4.39 Å². The van der Waals surface area contributed by atoms with E-state index in [9.17, 15) is 14.3 Å². The van der Waals surface area contributed by atoms with Crippen LogP contribution in [0.2, 0.25) is 0 Å². The molecule has 0 amide bonds. The number of aliphatic carboxylic acids is 1. The van der Waals surface area contributed by atoms with Crippen molar-refractivity contribution in [3.8, 4) is 0 Å². The van der Waals surface area contributed by atoms with Crippen LogP contribution < -0.4 is 0 Å². The van der Waals surface area contributed by atoms with Crippen molar-refractivity contribution in [2.45, 2.75) is 6.92 Å². The number of rotatable bonds is 3. The number of halogens is 1. The Balaban J connectivity index is 2.49. The number of hydrogen-bond donors (Lipinski definition) is 1. The summed E-state index contributed by atoms with van der Waals surface area (Å²) >= 11 is 0. The van der Waals surface area contributed by atoms with Gasteiger partial charge in [-0.3, -0.25) is 4.98 Å². The number of benzene rings is 1. The van der Waals surface area contributed by atoms with Gasteiger partial charge in [-0.2, -0.15) is 0 Å². The van der Waals surface area contributed by atoms with Crippen LogP contribution in [-0.2, 0) is 4.79 Å². The topological polar surface area (TPSA) is 50.2 Å². The highest BCUT2D eigenvalue weighted by atomic mass is 19.1. The largest absolute Gasteiger partial charge is 0.478 e. The number of carboxylic acids is 1. The average molecular weight is 257 g/mol. The number of hydrogen-bond acceptors (Lipinski definition) is 2. The van der Waals surface area contributed by atoms with Crippen LogP contribution >= 0.6 is 0 Å². The van der Waals surface area contributed by atoms with Gasteiger partial charge in [0.05, 0.1) is 5.57 Å². The van der Waals surface area contributed by atoms with Gasteiger partial charge in [-0.1, -0.05) is 18.2 Å². The Labute approximate surface area is 110 Å². The smallest absolute Gasteiger partial charge is 0.336 e. The third-order valence-electron chi connectivity index (χ3n) is 2.71. The molecule has 0 fully saturated rings. The van der Waals surface area contributed by atoms with E-state index < -0.39 is 11.8 Å². The molecule has 0 aliphatic carbocycles. The van der Waals surface area contributed by atoms with Gasteiger partial charge in [0.15, 0.2) is 0 Å². The second-order valence-electron chi connectivity index (χ2n) is 4.11. The molecule has 0 bridgehead atoms. The Kier molecular flexibility index (Phi) is 3.71. The number of aryl methyl sites for hydroxylation is 1. The van der Waals surface area contributed by atoms with Gasteiger partial charge in [-0.05, 0) is 41.8 Å². The van der Waals surface area contributed by atoms with Crippen molar-refractivity contribution in [3.63, 3.8) is 0 Å². The molecule has 0 saturated carbocycles. The monoisotopic (exact) mass is 257 g/mol. The average Bonchev–Trinajstić information content (AvgIpc) is 2.40. The lowest BCUT2D eigenvalue weighted by Gasteiger charge is -2.05. The van der Waals surface area contributed by atoms with Crippen molar-refractivity contribution < 1.29 is 14.3 Å². The molecule has 1 aromatic heterocycles. The normalized spacial score (nSPS) is 11.4. The molecule has 1 N–H and O–H groups in total. The van der Waals surface area contributed by atoms with Crippen LogP contribution in [0, 0.1) is 12.7 Å². The molecular weight excluding hydrogens is 245 g/mol. The van der Waals surface area contributed by atoms with Crippen LogP contribution in [0.1, 0.15) is 16.7 Å². The second kappa shape index (κ2) is 5.44. The first kappa shape index (κ1) is 13.0. The van der Waals surface area contributed by atoms with E-state index >= 15 is 0 Å². The summed E-state index contributed by atoms with van der Waals surface area (Å²) in [6.07, 6.45) is 4.62. The summed E-state index contributed by atoms with van der Waals surface area (Å²) in [4.78, 5) is 15.2. The van der Waals surface area contributed by atoms with Crippen molar-refractivity contribution in [1.82, 2.24) is 4.98 Å². The number of pyridine rings is 1. The minimum absolute atomic E-state index is 0.0342. The molecule has 3 nitrogen and oxygen atoms in total. The third-order valence-corrected chi connectivity index (χ3v) is 2.71. The lowest BCUT2D eigenvalue weighted by atomic mass is 10.0. The molecule has 1 aromatic carbocycles. The molecule has 0 spiro atoms. The summed E-state index contributed by atoms with van der Waals surface area (Å²) in [5.74, 6) is -1.53. The second-order valence-corrected chi connectivity index (χ2v) is 4.11. The van der Waals surface area contributed by atoms with Crippen LogP contribution in [0.3, 0.4) is 0 Å². The Morgan fingerprint density at radius 1 is 1.37 bits per heavy atom. The van der Waals surface area contributed by atoms with Gasteiger partial charge >= 0.3 is 5.97 Å². The van der Waals surface area contributed by atoms with Gasteiger partial charge < -0.3 is 5.11 Å². The fourth-order valence-corrected chi connectivity index (χ4v) is 1.66. The summed E-state index contributed by atoms with van der Waals surface area (Å²) in [6.45, 7) is 1.63. The van der Waals surface area contributed by atoms with Gasteiger partial charge in [-0.25, -0.2) is 9.18 Å². The van der Waals surface area contributed by atoms with Gasteiger partial charge in [0.25, 0.3) is 0 Å². The lowest BCUT2D eigenvalue weighted by Crippen LogP contribution is -2.00. The minimum atomic E-state index is -1.10.